The highest BCUT2D eigenvalue weighted by Crippen LogP contribution is 2.42. The molecule has 1 heterocycles. The molecular weight excluding hydrogens is 162 g/mol. The summed E-state index contributed by atoms with van der Waals surface area (Å²) in [4.78, 5) is 0. The third-order valence-corrected chi connectivity index (χ3v) is 3.47. The molecule has 0 aromatic heterocycles. The minimum atomic E-state index is 0.841. The fourth-order valence-corrected chi connectivity index (χ4v) is 2.58. The van der Waals surface area contributed by atoms with Crippen LogP contribution in [0.5, 0.6) is 0 Å². The van der Waals surface area contributed by atoms with Gasteiger partial charge in [-0.15, -0.1) is 0 Å². The fourth-order valence-electron chi connectivity index (χ4n) is 2.58. The molecule has 0 aromatic rings. The SMILES string of the molecule is CNCC(C1CC1)C1CCCOC1. The molecule has 1 aliphatic carbocycles. The van der Waals surface area contributed by atoms with E-state index in [9.17, 15) is 0 Å². The van der Waals surface area contributed by atoms with Crippen LogP contribution in [0.15, 0.2) is 0 Å². The normalized spacial score (nSPS) is 31.6. The third kappa shape index (κ3) is 2.44. The summed E-state index contributed by atoms with van der Waals surface area (Å²) in [6, 6.07) is 0. The van der Waals surface area contributed by atoms with Crippen molar-refractivity contribution < 1.29 is 4.74 Å². The Bertz CT molecular complexity index is 150. The molecule has 13 heavy (non-hydrogen) atoms. The van der Waals surface area contributed by atoms with Crippen molar-refractivity contribution in [2.45, 2.75) is 25.7 Å². The molecule has 0 radical (unpaired) electrons. The van der Waals surface area contributed by atoms with Gasteiger partial charge in [0.1, 0.15) is 0 Å². The molecule has 76 valence electrons. The van der Waals surface area contributed by atoms with Crippen LogP contribution >= 0.6 is 0 Å². The zero-order valence-corrected chi connectivity index (χ0v) is 8.59. The van der Waals surface area contributed by atoms with Gasteiger partial charge >= 0.3 is 0 Å². The zero-order valence-electron chi connectivity index (χ0n) is 8.59. The van der Waals surface area contributed by atoms with Crippen LogP contribution in [0.4, 0.5) is 0 Å². The average molecular weight is 183 g/mol. The molecule has 2 atom stereocenters. The number of rotatable bonds is 4. The molecular formula is C11H21NO. The first-order chi connectivity index (χ1) is 6.42. The standard InChI is InChI=1S/C11H21NO/c1-12-7-11(9-4-5-9)10-3-2-6-13-8-10/h9-12H,2-8H2,1H3. The topological polar surface area (TPSA) is 21.3 Å². The highest BCUT2D eigenvalue weighted by atomic mass is 16.5. The molecule has 2 nitrogen and oxygen atoms in total. The Balaban J connectivity index is 1.84. The minimum absolute atomic E-state index is 0.841. The zero-order chi connectivity index (χ0) is 9.10. The number of hydrogen-bond donors (Lipinski definition) is 1. The maximum atomic E-state index is 5.56. The Kier molecular flexibility index (Phi) is 3.23. The summed E-state index contributed by atoms with van der Waals surface area (Å²) >= 11 is 0. The van der Waals surface area contributed by atoms with Crippen molar-refractivity contribution in [2.75, 3.05) is 26.8 Å². The van der Waals surface area contributed by atoms with Crippen LogP contribution in [0.25, 0.3) is 0 Å². The van der Waals surface area contributed by atoms with E-state index in [1.54, 1.807) is 0 Å². The second-order valence-corrected chi connectivity index (χ2v) is 4.54. The summed E-state index contributed by atoms with van der Waals surface area (Å²) in [7, 11) is 2.07. The van der Waals surface area contributed by atoms with Gasteiger partial charge in [-0.3, -0.25) is 0 Å². The molecule has 2 rings (SSSR count). The Morgan fingerprint density at radius 1 is 1.31 bits per heavy atom. The van der Waals surface area contributed by atoms with Gasteiger partial charge < -0.3 is 10.1 Å². The highest BCUT2D eigenvalue weighted by Gasteiger charge is 2.36. The lowest BCUT2D eigenvalue weighted by atomic mass is 9.84. The van der Waals surface area contributed by atoms with Gasteiger partial charge in [-0.05, 0) is 57.0 Å². The molecule has 1 N–H and O–H groups in total. The molecule has 1 saturated heterocycles. The van der Waals surface area contributed by atoms with E-state index in [0.717, 1.165) is 31.0 Å². The van der Waals surface area contributed by atoms with E-state index >= 15 is 0 Å². The molecule has 1 aliphatic heterocycles. The molecule has 0 aromatic carbocycles. The molecule has 2 unspecified atom stereocenters. The van der Waals surface area contributed by atoms with Crippen LogP contribution in [0.3, 0.4) is 0 Å². The molecule has 2 heteroatoms. The van der Waals surface area contributed by atoms with Crippen LogP contribution in [0, 0.1) is 17.8 Å². The van der Waals surface area contributed by atoms with E-state index in [1.165, 1.54) is 32.2 Å². The van der Waals surface area contributed by atoms with Crippen molar-refractivity contribution in [3.05, 3.63) is 0 Å². The van der Waals surface area contributed by atoms with Gasteiger partial charge in [0.15, 0.2) is 0 Å². The Morgan fingerprint density at radius 2 is 2.15 bits per heavy atom. The first kappa shape index (κ1) is 9.47. The van der Waals surface area contributed by atoms with E-state index < -0.39 is 0 Å². The second-order valence-electron chi connectivity index (χ2n) is 4.54. The Labute approximate surface area is 81.0 Å². The van der Waals surface area contributed by atoms with Crippen LogP contribution < -0.4 is 5.32 Å². The van der Waals surface area contributed by atoms with Gasteiger partial charge in [0.2, 0.25) is 0 Å². The lowest BCUT2D eigenvalue weighted by Crippen LogP contribution is -2.32. The maximum Gasteiger partial charge on any atom is 0.0497 e. The van der Waals surface area contributed by atoms with Gasteiger partial charge in [0, 0.05) is 13.2 Å². The largest absolute Gasteiger partial charge is 0.381 e. The van der Waals surface area contributed by atoms with Gasteiger partial charge in [-0.2, -0.15) is 0 Å². The van der Waals surface area contributed by atoms with Crippen LogP contribution in [-0.2, 0) is 4.74 Å². The van der Waals surface area contributed by atoms with Crippen molar-refractivity contribution in [3.8, 4) is 0 Å². The first-order valence-corrected chi connectivity index (χ1v) is 5.64. The highest BCUT2D eigenvalue weighted by molar-refractivity contribution is 4.87. The van der Waals surface area contributed by atoms with Crippen molar-refractivity contribution in [2.24, 2.45) is 17.8 Å². The molecule has 2 aliphatic rings. The van der Waals surface area contributed by atoms with E-state index in [-0.39, 0.29) is 0 Å². The molecule has 2 fully saturated rings. The van der Waals surface area contributed by atoms with Crippen LogP contribution in [0.1, 0.15) is 25.7 Å². The van der Waals surface area contributed by atoms with Crippen molar-refractivity contribution in [1.82, 2.24) is 5.32 Å². The predicted octanol–water partition coefficient (Wildman–Crippen LogP) is 1.66. The fraction of sp³-hybridized carbons (Fsp3) is 1.00. The number of ether oxygens (including phenoxy) is 1. The smallest absolute Gasteiger partial charge is 0.0497 e. The van der Waals surface area contributed by atoms with Crippen molar-refractivity contribution in [3.63, 3.8) is 0 Å². The van der Waals surface area contributed by atoms with Gasteiger partial charge in [-0.1, -0.05) is 0 Å². The number of hydrogen-bond acceptors (Lipinski definition) is 2. The first-order valence-electron chi connectivity index (χ1n) is 5.64. The molecule has 1 saturated carbocycles. The predicted molar refractivity (Wildman–Crippen MR) is 53.7 cm³/mol. The Hall–Kier alpha value is -0.0800. The minimum Gasteiger partial charge on any atom is -0.381 e. The van der Waals surface area contributed by atoms with E-state index in [2.05, 4.69) is 12.4 Å². The quantitative estimate of drug-likeness (QED) is 0.715. The Morgan fingerprint density at radius 3 is 2.69 bits per heavy atom. The van der Waals surface area contributed by atoms with E-state index in [0.29, 0.717) is 0 Å². The van der Waals surface area contributed by atoms with Crippen LogP contribution in [-0.4, -0.2) is 26.8 Å². The number of nitrogens with one attached hydrogen (secondary N) is 1. The summed E-state index contributed by atoms with van der Waals surface area (Å²) in [5.41, 5.74) is 0. The van der Waals surface area contributed by atoms with Gasteiger partial charge in [-0.25, -0.2) is 0 Å². The second kappa shape index (κ2) is 4.43. The lowest BCUT2D eigenvalue weighted by Gasteiger charge is -2.30. The monoisotopic (exact) mass is 183 g/mol. The summed E-state index contributed by atoms with van der Waals surface area (Å²) < 4.78 is 5.56. The van der Waals surface area contributed by atoms with E-state index in [4.69, 9.17) is 4.74 Å². The summed E-state index contributed by atoms with van der Waals surface area (Å²) in [5.74, 6) is 2.75. The van der Waals surface area contributed by atoms with Crippen molar-refractivity contribution >= 4 is 0 Å². The molecule has 0 amide bonds. The summed E-state index contributed by atoms with van der Waals surface area (Å²) in [6.45, 7) is 3.20. The molecule has 0 spiro atoms. The van der Waals surface area contributed by atoms with Gasteiger partial charge in [0.05, 0.1) is 0 Å². The van der Waals surface area contributed by atoms with Crippen molar-refractivity contribution in [1.29, 1.82) is 0 Å². The third-order valence-electron chi connectivity index (χ3n) is 3.47. The summed E-state index contributed by atoms with van der Waals surface area (Å²) in [5, 5.41) is 3.33. The molecule has 0 bridgehead atoms. The maximum absolute atomic E-state index is 5.56. The summed E-state index contributed by atoms with van der Waals surface area (Å²) in [6.07, 6.45) is 5.59. The average Bonchev–Trinajstić information content (AvgIpc) is 2.99. The lowest BCUT2D eigenvalue weighted by molar-refractivity contribution is 0.0261. The van der Waals surface area contributed by atoms with Gasteiger partial charge in [0.25, 0.3) is 0 Å². The van der Waals surface area contributed by atoms with E-state index in [1.807, 2.05) is 0 Å². The van der Waals surface area contributed by atoms with Crippen LogP contribution in [0.2, 0.25) is 0 Å².